The molecule has 1 spiro atoms. The molecule has 2 saturated heterocycles. The Balaban J connectivity index is 2.17. The van der Waals surface area contributed by atoms with E-state index in [9.17, 15) is 14.4 Å². The molecule has 0 aromatic rings. The first kappa shape index (κ1) is 14.8. The molecule has 2 rings (SSSR count). The molecule has 20 heavy (non-hydrogen) atoms. The van der Waals surface area contributed by atoms with E-state index in [2.05, 4.69) is 10.6 Å². The molecule has 2 atom stereocenters. The highest BCUT2D eigenvalue weighted by Gasteiger charge is 2.50. The van der Waals surface area contributed by atoms with E-state index < -0.39 is 17.0 Å². The van der Waals surface area contributed by atoms with E-state index in [4.69, 9.17) is 5.73 Å². The normalized spacial score (nSPS) is 29.1. The zero-order valence-corrected chi connectivity index (χ0v) is 12.0. The summed E-state index contributed by atoms with van der Waals surface area (Å²) < 4.78 is 0. The van der Waals surface area contributed by atoms with Gasteiger partial charge in [-0.2, -0.15) is 0 Å². The van der Waals surface area contributed by atoms with Crippen molar-refractivity contribution in [1.29, 1.82) is 0 Å². The lowest BCUT2D eigenvalue weighted by Gasteiger charge is -2.41. The number of urea groups is 1. The Morgan fingerprint density at radius 1 is 1.50 bits per heavy atom. The SMILES string of the molecule is CCC(C)(CN)C(=O)N1CCCC2(C1)NC(=O)NC2=O. The zero-order valence-electron chi connectivity index (χ0n) is 12.0. The molecule has 0 bridgehead atoms. The van der Waals surface area contributed by atoms with Crippen LogP contribution in [-0.4, -0.2) is 47.9 Å². The van der Waals surface area contributed by atoms with Crippen LogP contribution in [-0.2, 0) is 9.59 Å². The maximum atomic E-state index is 12.6. The molecular weight excluding hydrogens is 260 g/mol. The number of carbonyl (C=O) groups is 3. The Hall–Kier alpha value is -1.63. The summed E-state index contributed by atoms with van der Waals surface area (Å²) in [5.74, 6) is -0.388. The van der Waals surface area contributed by atoms with E-state index in [1.807, 2.05) is 13.8 Å². The topological polar surface area (TPSA) is 105 Å². The minimum atomic E-state index is -0.964. The first-order chi connectivity index (χ1) is 9.37. The van der Waals surface area contributed by atoms with Crippen LogP contribution in [0.25, 0.3) is 0 Å². The fourth-order valence-corrected chi connectivity index (χ4v) is 2.81. The molecule has 0 aliphatic carbocycles. The van der Waals surface area contributed by atoms with Gasteiger partial charge < -0.3 is 16.0 Å². The summed E-state index contributed by atoms with van der Waals surface area (Å²) in [6.45, 7) is 4.85. The number of amides is 4. The van der Waals surface area contributed by atoms with Crippen LogP contribution < -0.4 is 16.4 Å². The summed E-state index contributed by atoms with van der Waals surface area (Å²) in [6.07, 6.45) is 1.88. The van der Waals surface area contributed by atoms with Gasteiger partial charge in [-0.25, -0.2) is 4.79 Å². The standard InChI is InChI=1S/C13H22N4O3/c1-3-12(2,7-14)10(19)17-6-4-5-13(8-17)9(18)15-11(20)16-13/h3-8,14H2,1-2H3,(H2,15,16,18,20). The molecule has 7 heteroatoms. The van der Waals surface area contributed by atoms with Crippen LogP contribution in [0, 0.1) is 5.41 Å². The third-order valence-electron chi connectivity index (χ3n) is 4.54. The van der Waals surface area contributed by atoms with Gasteiger partial charge in [0.1, 0.15) is 5.54 Å². The predicted molar refractivity (Wildman–Crippen MR) is 72.7 cm³/mol. The fourth-order valence-electron chi connectivity index (χ4n) is 2.81. The van der Waals surface area contributed by atoms with Crippen LogP contribution in [0.2, 0.25) is 0 Å². The summed E-state index contributed by atoms with van der Waals surface area (Å²) in [4.78, 5) is 37.6. The van der Waals surface area contributed by atoms with Gasteiger partial charge in [-0.15, -0.1) is 0 Å². The minimum absolute atomic E-state index is 0.0458. The van der Waals surface area contributed by atoms with Gasteiger partial charge in [-0.1, -0.05) is 6.92 Å². The Morgan fingerprint density at radius 2 is 2.20 bits per heavy atom. The molecule has 2 heterocycles. The molecule has 2 aliphatic heterocycles. The number of nitrogens with two attached hydrogens (primary N) is 1. The Bertz CT molecular complexity index is 447. The second-order valence-corrected chi connectivity index (χ2v) is 5.94. The molecule has 4 N–H and O–H groups in total. The monoisotopic (exact) mass is 282 g/mol. The number of imide groups is 1. The van der Waals surface area contributed by atoms with Crippen molar-refractivity contribution in [2.24, 2.45) is 11.1 Å². The summed E-state index contributed by atoms with van der Waals surface area (Å²) >= 11 is 0. The third kappa shape index (κ3) is 2.26. The maximum absolute atomic E-state index is 12.6. The molecule has 2 fully saturated rings. The predicted octanol–water partition coefficient (Wildman–Crippen LogP) is -0.438. The summed E-state index contributed by atoms with van der Waals surface area (Å²) in [6, 6.07) is -0.485. The Kier molecular flexibility index (Phi) is 3.73. The zero-order chi connectivity index (χ0) is 15.0. The number of hydrogen-bond acceptors (Lipinski definition) is 4. The van der Waals surface area contributed by atoms with Crippen molar-refractivity contribution >= 4 is 17.8 Å². The van der Waals surface area contributed by atoms with Crippen LogP contribution in [0.1, 0.15) is 33.1 Å². The minimum Gasteiger partial charge on any atom is -0.339 e. The van der Waals surface area contributed by atoms with Crippen molar-refractivity contribution in [2.75, 3.05) is 19.6 Å². The molecular formula is C13H22N4O3. The van der Waals surface area contributed by atoms with Crippen LogP contribution in [0.15, 0.2) is 0 Å². The lowest BCUT2D eigenvalue weighted by molar-refractivity contribution is -0.144. The number of likely N-dealkylation sites (tertiary alicyclic amines) is 1. The number of nitrogens with zero attached hydrogens (tertiary/aromatic N) is 1. The van der Waals surface area contributed by atoms with Crippen LogP contribution in [0.3, 0.4) is 0 Å². The second-order valence-electron chi connectivity index (χ2n) is 5.94. The summed E-state index contributed by atoms with van der Waals surface area (Å²) in [5.41, 5.74) is 4.15. The first-order valence-electron chi connectivity index (χ1n) is 7.00. The average Bonchev–Trinajstić information content (AvgIpc) is 2.71. The van der Waals surface area contributed by atoms with Crippen molar-refractivity contribution < 1.29 is 14.4 Å². The van der Waals surface area contributed by atoms with E-state index in [-0.39, 0.29) is 24.9 Å². The third-order valence-corrected chi connectivity index (χ3v) is 4.54. The molecule has 4 amide bonds. The quantitative estimate of drug-likeness (QED) is 0.610. The van der Waals surface area contributed by atoms with Crippen molar-refractivity contribution in [3.8, 4) is 0 Å². The van der Waals surface area contributed by atoms with Gasteiger partial charge in [0.05, 0.1) is 12.0 Å². The maximum Gasteiger partial charge on any atom is 0.322 e. The number of rotatable bonds is 3. The molecule has 0 aromatic heterocycles. The van der Waals surface area contributed by atoms with Gasteiger partial charge in [0.2, 0.25) is 5.91 Å². The van der Waals surface area contributed by atoms with Gasteiger partial charge in [-0.3, -0.25) is 14.9 Å². The number of nitrogens with one attached hydrogen (secondary N) is 2. The highest BCUT2D eigenvalue weighted by atomic mass is 16.2. The van der Waals surface area contributed by atoms with E-state index in [0.29, 0.717) is 25.8 Å². The number of piperidine rings is 1. The lowest BCUT2D eigenvalue weighted by atomic mass is 9.83. The van der Waals surface area contributed by atoms with Crippen LogP contribution in [0.4, 0.5) is 4.79 Å². The Labute approximate surface area is 118 Å². The molecule has 7 nitrogen and oxygen atoms in total. The smallest absolute Gasteiger partial charge is 0.322 e. The van der Waals surface area contributed by atoms with Gasteiger partial charge in [0.25, 0.3) is 5.91 Å². The van der Waals surface area contributed by atoms with Crippen molar-refractivity contribution in [3.63, 3.8) is 0 Å². The first-order valence-corrected chi connectivity index (χ1v) is 7.00. The Morgan fingerprint density at radius 3 is 2.70 bits per heavy atom. The largest absolute Gasteiger partial charge is 0.339 e. The van der Waals surface area contributed by atoms with Gasteiger partial charge in [0.15, 0.2) is 0 Å². The average molecular weight is 282 g/mol. The van der Waals surface area contributed by atoms with Crippen molar-refractivity contribution in [3.05, 3.63) is 0 Å². The van der Waals surface area contributed by atoms with E-state index in [1.165, 1.54) is 0 Å². The summed E-state index contributed by atoms with van der Waals surface area (Å²) in [7, 11) is 0. The van der Waals surface area contributed by atoms with Crippen LogP contribution in [0.5, 0.6) is 0 Å². The van der Waals surface area contributed by atoms with E-state index >= 15 is 0 Å². The number of carbonyl (C=O) groups excluding carboxylic acids is 3. The van der Waals surface area contributed by atoms with E-state index in [0.717, 1.165) is 0 Å². The van der Waals surface area contributed by atoms with Crippen LogP contribution >= 0.6 is 0 Å². The molecule has 2 aliphatic rings. The number of hydrogen-bond donors (Lipinski definition) is 3. The lowest BCUT2D eigenvalue weighted by Crippen LogP contribution is -2.61. The summed E-state index contributed by atoms with van der Waals surface area (Å²) in [5, 5.41) is 4.92. The van der Waals surface area contributed by atoms with E-state index in [1.54, 1.807) is 4.90 Å². The molecule has 0 radical (unpaired) electrons. The van der Waals surface area contributed by atoms with Crippen molar-refractivity contribution in [2.45, 2.75) is 38.6 Å². The fraction of sp³-hybridized carbons (Fsp3) is 0.769. The van der Waals surface area contributed by atoms with Gasteiger partial charge in [-0.05, 0) is 26.2 Å². The van der Waals surface area contributed by atoms with Gasteiger partial charge >= 0.3 is 6.03 Å². The molecule has 112 valence electrons. The second kappa shape index (κ2) is 5.05. The molecule has 0 aromatic carbocycles. The molecule has 0 saturated carbocycles. The highest BCUT2D eigenvalue weighted by molar-refractivity contribution is 6.07. The highest BCUT2D eigenvalue weighted by Crippen LogP contribution is 2.29. The molecule has 2 unspecified atom stereocenters. The van der Waals surface area contributed by atoms with Crippen molar-refractivity contribution in [1.82, 2.24) is 15.5 Å². The van der Waals surface area contributed by atoms with Gasteiger partial charge in [0, 0.05) is 13.1 Å².